The number of aromatic nitrogens is 4. The molecular weight excluding hydrogens is 570 g/mol. The summed E-state index contributed by atoms with van der Waals surface area (Å²) in [6, 6.07) is 14.7. The Hall–Kier alpha value is -4.90. The predicted octanol–water partition coefficient (Wildman–Crippen LogP) is 3.09. The van der Waals surface area contributed by atoms with Gasteiger partial charge in [0.15, 0.2) is 11.6 Å². The largest absolute Gasteiger partial charge is 0.369 e. The molecule has 0 saturated carbocycles. The van der Waals surface area contributed by atoms with Gasteiger partial charge >= 0.3 is 0 Å². The minimum absolute atomic E-state index is 0.0158. The zero-order chi connectivity index (χ0) is 31.3. The van der Waals surface area contributed by atoms with Gasteiger partial charge in [-0.3, -0.25) is 29.3 Å². The second-order valence-corrected chi connectivity index (χ2v) is 11.8. The lowest BCUT2D eigenvalue weighted by Crippen LogP contribution is -2.44. The number of hydrogen-bond donors (Lipinski definition) is 1. The first kappa shape index (κ1) is 30.1. The first-order valence-corrected chi connectivity index (χ1v) is 15.4. The van der Waals surface area contributed by atoms with E-state index in [9.17, 15) is 19.2 Å². The van der Waals surface area contributed by atoms with Crippen LogP contribution in [0, 0.1) is 0 Å². The zero-order valence-electron chi connectivity index (χ0n) is 25.4. The number of hydrogen-bond acceptors (Lipinski definition) is 8. The fourth-order valence-electron chi connectivity index (χ4n) is 5.95. The first-order chi connectivity index (χ1) is 21.9. The van der Waals surface area contributed by atoms with E-state index in [1.54, 1.807) is 35.6 Å². The molecule has 0 atom stereocenters. The Labute approximate surface area is 261 Å². The number of aromatic amines is 1. The number of amides is 1. The molecule has 232 valence electrons. The topological polar surface area (TPSA) is 124 Å². The molecule has 45 heavy (non-hydrogen) atoms. The van der Waals surface area contributed by atoms with Crippen LogP contribution in [0.5, 0.6) is 0 Å². The van der Waals surface area contributed by atoms with Crippen molar-refractivity contribution in [1.29, 1.82) is 0 Å². The number of nitrogens with one attached hydrogen (secondary N) is 1. The van der Waals surface area contributed by atoms with Crippen LogP contribution in [0.3, 0.4) is 0 Å². The molecule has 1 N–H and O–H groups in total. The van der Waals surface area contributed by atoms with Crippen molar-refractivity contribution in [3.8, 4) is 0 Å². The number of rotatable bonds is 11. The lowest BCUT2D eigenvalue weighted by molar-refractivity contribution is -0.131. The van der Waals surface area contributed by atoms with Crippen LogP contribution in [-0.2, 0) is 30.8 Å². The van der Waals surface area contributed by atoms with Crippen LogP contribution in [-0.4, -0.2) is 80.2 Å². The van der Waals surface area contributed by atoms with Crippen LogP contribution in [0.2, 0.25) is 0 Å². The SMILES string of the molecule is CN1CCN(c2ccc(C(=O)Cc3n[nH]c4c3CN(C(=O)CCCC(=O)c3cccn(Cc5cccnc5)c3=O)C4)cc2)CC1. The van der Waals surface area contributed by atoms with Crippen molar-refractivity contribution in [1.82, 2.24) is 29.5 Å². The van der Waals surface area contributed by atoms with Crippen LogP contribution in [0.4, 0.5) is 5.69 Å². The van der Waals surface area contributed by atoms with Gasteiger partial charge < -0.3 is 19.3 Å². The molecule has 0 bridgehead atoms. The maximum Gasteiger partial charge on any atom is 0.261 e. The molecule has 3 aromatic heterocycles. The molecule has 4 aromatic rings. The van der Waals surface area contributed by atoms with E-state index < -0.39 is 0 Å². The van der Waals surface area contributed by atoms with Gasteiger partial charge in [-0.2, -0.15) is 5.10 Å². The summed E-state index contributed by atoms with van der Waals surface area (Å²) in [6.07, 6.45) is 5.79. The second-order valence-electron chi connectivity index (χ2n) is 11.8. The number of anilines is 1. The van der Waals surface area contributed by atoms with E-state index in [0.29, 0.717) is 37.3 Å². The summed E-state index contributed by atoms with van der Waals surface area (Å²) in [4.78, 5) is 62.4. The van der Waals surface area contributed by atoms with E-state index in [1.807, 2.05) is 30.3 Å². The third-order valence-corrected chi connectivity index (χ3v) is 8.67. The molecule has 1 saturated heterocycles. The Morgan fingerprint density at radius 1 is 0.911 bits per heavy atom. The van der Waals surface area contributed by atoms with Gasteiger partial charge in [0.2, 0.25) is 5.91 Å². The summed E-state index contributed by atoms with van der Waals surface area (Å²) in [7, 11) is 2.13. The highest BCUT2D eigenvalue weighted by Crippen LogP contribution is 2.26. The van der Waals surface area contributed by atoms with Crippen LogP contribution < -0.4 is 10.5 Å². The summed E-state index contributed by atoms with van der Waals surface area (Å²) in [5.41, 5.74) is 4.79. The number of carbonyl (C=O) groups excluding carboxylic acids is 3. The van der Waals surface area contributed by atoms with Crippen molar-refractivity contribution in [2.24, 2.45) is 0 Å². The molecule has 1 aromatic carbocycles. The Morgan fingerprint density at radius 2 is 1.71 bits per heavy atom. The number of benzene rings is 1. The maximum atomic E-state index is 13.1. The highest BCUT2D eigenvalue weighted by atomic mass is 16.2. The van der Waals surface area contributed by atoms with E-state index in [0.717, 1.165) is 48.7 Å². The lowest BCUT2D eigenvalue weighted by atomic mass is 10.0. The van der Waals surface area contributed by atoms with Crippen molar-refractivity contribution in [3.05, 3.63) is 111 Å². The Morgan fingerprint density at radius 3 is 2.47 bits per heavy atom. The van der Waals surface area contributed by atoms with Gasteiger partial charge in [-0.15, -0.1) is 0 Å². The summed E-state index contributed by atoms with van der Waals surface area (Å²) in [5.74, 6) is -0.370. The molecule has 2 aliphatic rings. The minimum atomic E-state index is -0.351. The molecular formula is C34H37N7O4. The predicted molar refractivity (Wildman–Crippen MR) is 169 cm³/mol. The average molecular weight is 608 g/mol. The van der Waals surface area contributed by atoms with Gasteiger partial charge in [0, 0.05) is 81.0 Å². The van der Waals surface area contributed by atoms with Gasteiger partial charge in [0.1, 0.15) is 0 Å². The first-order valence-electron chi connectivity index (χ1n) is 15.4. The van der Waals surface area contributed by atoms with Crippen molar-refractivity contribution < 1.29 is 14.4 Å². The number of likely N-dealkylation sites (N-methyl/N-ethyl adjacent to an activating group) is 1. The normalized spacial score (nSPS) is 14.9. The van der Waals surface area contributed by atoms with Gasteiger partial charge in [-0.05, 0) is 61.5 Å². The van der Waals surface area contributed by atoms with Gasteiger partial charge in [0.25, 0.3) is 5.56 Å². The number of H-pyrrole nitrogens is 1. The molecule has 0 aliphatic carbocycles. The zero-order valence-corrected chi connectivity index (χ0v) is 25.4. The number of fused-ring (bicyclic) bond motifs is 1. The molecule has 2 aliphatic heterocycles. The third kappa shape index (κ3) is 6.93. The Balaban J connectivity index is 0.991. The monoisotopic (exact) mass is 607 g/mol. The molecule has 11 heteroatoms. The molecule has 0 spiro atoms. The number of piperazine rings is 1. The van der Waals surface area contributed by atoms with Crippen molar-refractivity contribution in [3.63, 3.8) is 0 Å². The Bertz CT molecular complexity index is 1740. The second kappa shape index (κ2) is 13.4. The maximum absolute atomic E-state index is 13.1. The van der Waals surface area contributed by atoms with E-state index >= 15 is 0 Å². The fraction of sp³-hybridized carbons (Fsp3) is 0.353. The van der Waals surface area contributed by atoms with Gasteiger partial charge in [-0.25, -0.2) is 0 Å². The standard InChI is InChI=1S/C34H37N7O4/c1-38-15-17-39(18-16-38)26-11-9-25(10-12-26)32(43)19-29-28-22-41(23-30(28)37-36-29)33(44)8-2-7-31(42)27-6-4-14-40(34(27)45)21-24-5-3-13-35-20-24/h3-6,9-14,20H,2,7-8,15-19,21-23H2,1H3,(H,36,37). The van der Waals surface area contributed by atoms with E-state index in [1.165, 1.54) is 10.6 Å². The van der Waals surface area contributed by atoms with Crippen molar-refractivity contribution in [2.75, 3.05) is 38.1 Å². The summed E-state index contributed by atoms with van der Waals surface area (Å²) in [5, 5.41) is 7.39. The van der Waals surface area contributed by atoms with Gasteiger partial charge in [0.05, 0.1) is 36.5 Å². The van der Waals surface area contributed by atoms with Crippen LogP contribution in [0.15, 0.2) is 71.9 Å². The minimum Gasteiger partial charge on any atom is -0.369 e. The smallest absolute Gasteiger partial charge is 0.261 e. The summed E-state index contributed by atoms with van der Waals surface area (Å²) < 4.78 is 1.49. The number of ketones is 2. The van der Waals surface area contributed by atoms with Crippen LogP contribution in [0.25, 0.3) is 0 Å². The highest BCUT2D eigenvalue weighted by Gasteiger charge is 2.29. The average Bonchev–Trinajstić information content (AvgIpc) is 3.65. The molecule has 5 heterocycles. The lowest BCUT2D eigenvalue weighted by Gasteiger charge is -2.34. The number of nitrogens with zero attached hydrogens (tertiary/aromatic N) is 6. The molecule has 0 unspecified atom stereocenters. The van der Waals surface area contributed by atoms with Crippen molar-refractivity contribution in [2.45, 2.75) is 45.3 Å². The summed E-state index contributed by atoms with van der Waals surface area (Å²) in [6.45, 7) is 5.07. The number of pyridine rings is 2. The van der Waals surface area contributed by atoms with Crippen LogP contribution in [0.1, 0.15) is 62.5 Å². The fourth-order valence-corrected chi connectivity index (χ4v) is 5.95. The van der Waals surface area contributed by atoms with Gasteiger partial charge in [-0.1, -0.05) is 6.07 Å². The van der Waals surface area contributed by atoms with E-state index in [4.69, 9.17) is 0 Å². The number of Topliss-reactive ketones (excluding diaryl/α,β-unsaturated/α-hetero) is 2. The van der Waals surface area contributed by atoms with E-state index in [-0.39, 0.29) is 47.9 Å². The molecule has 6 rings (SSSR count). The van der Waals surface area contributed by atoms with Crippen LogP contribution >= 0.6 is 0 Å². The van der Waals surface area contributed by atoms with E-state index in [2.05, 4.69) is 32.0 Å². The molecule has 1 fully saturated rings. The number of carbonyl (C=O) groups is 3. The molecule has 1 amide bonds. The quantitative estimate of drug-likeness (QED) is 0.258. The summed E-state index contributed by atoms with van der Waals surface area (Å²) >= 11 is 0. The third-order valence-electron chi connectivity index (χ3n) is 8.67. The molecule has 11 nitrogen and oxygen atoms in total. The Kier molecular flexibility index (Phi) is 8.97. The van der Waals surface area contributed by atoms with Crippen molar-refractivity contribution >= 4 is 23.2 Å². The molecule has 0 radical (unpaired) electrons. The highest BCUT2D eigenvalue weighted by molar-refractivity contribution is 5.98.